The van der Waals surface area contributed by atoms with E-state index in [1.165, 1.54) is 23.5 Å². The molecule has 1 aromatic rings. The topological polar surface area (TPSA) is 42.1 Å². The molecule has 0 aliphatic carbocycles. The van der Waals surface area contributed by atoms with Crippen molar-refractivity contribution in [2.45, 2.75) is 31.8 Å². The Balaban J connectivity index is 2.18. The molecular formula is C14H23N3S. The largest absolute Gasteiger partial charge is 0.326 e. The molecule has 4 heteroatoms. The molecule has 0 radical (unpaired) electrons. The predicted octanol–water partition coefficient (Wildman–Crippen LogP) is 2.30. The first kappa shape index (κ1) is 13.8. The smallest absolute Gasteiger partial charge is 0.0514 e. The van der Waals surface area contributed by atoms with Crippen LogP contribution in [0.4, 0.5) is 0 Å². The molecule has 0 amide bonds. The minimum Gasteiger partial charge on any atom is -0.326 e. The lowest BCUT2D eigenvalue weighted by Gasteiger charge is -2.34. The molecule has 3 nitrogen and oxygen atoms in total. The number of thioether (sulfide) groups is 1. The minimum atomic E-state index is 0.192. The van der Waals surface area contributed by atoms with Gasteiger partial charge < -0.3 is 5.73 Å². The van der Waals surface area contributed by atoms with Crippen molar-refractivity contribution >= 4 is 11.8 Å². The second-order valence-electron chi connectivity index (χ2n) is 4.81. The van der Waals surface area contributed by atoms with Crippen LogP contribution in [-0.4, -0.2) is 40.5 Å². The zero-order valence-electron chi connectivity index (χ0n) is 11.1. The third-order valence-corrected chi connectivity index (χ3v) is 4.60. The third kappa shape index (κ3) is 3.46. The molecule has 100 valence electrons. The Kier molecular flexibility index (Phi) is 5.47. The van der Waals surface area contributed by atoms with E-state index in [9.17, 15) is 0 Å². The van der Waals surface area contributed by atoms with Crippen molar-refractivity contribution < 1.29 is 0 Å². The Morgan fingerprint density at radius 3 is 3.06 bits per heavy atom. The van der Waals surface area contributed by atoms with Crippen LogP contribution in [0.5, 0.6) is 0 Å². The quantitative estimate of drug-likeness (QED) is 0.907. The molecule has 18 heavy (non-hydrogen) atoms. The van der Waals surface area contributed by atoms with Crippen LogP contribution in [0.15, 0.2) is 24.5 Å². The predicted molar refractivity (Wildman–Crippen MR) is 78.8 cm³/mol. The molecule has 1 fully saturated rings. The zero-order valence-corrected chi connectivity index (χ0v) is 11.9. The molecule has 1 aliphatic rings. The Labute approximate surface area is 114 Å². The van der Waals surface area contributed by atoms with Gasteiger partial charge in [0.2, 0.25) is 0 Å². The first-order valence-electron chi connectivity index (χ1n) is 6.80. The summed E-state index contributed by atoms with van der Waals surface area (Å²) < 4.78 is 0. The second kappa shape index (κ2) is 7.12. The van der Waals surface area contributed by atoms with Crippen molar-refractivity contribution in [3.8, 4) is 0 Å². The summed E-state index contributed by atoms with van der Waals surface area (Å²) in [6.45, 7) is 4.46. The molecule has 1 saturated heterocycles. The van der Waals surface area contributed by atoms with Gasteiger partial charge >= 0.3 is 0 Å². The Morgan fingerprint density at radius 1 is 1.44 bits per heavy atom. The molecule has 1 aromatic heterocycles. The number of hydrogen-bond donors (Lipinski definition) is 1. The van der Waals surface area contributed by atoms with E-state index in [-0.39, 0.29) is 6.04 Å². The molecule has 2 N–H and O–H groups in total. The van der Waals surface area contributed by atoms with Crippen LogP contribution < -0.4 is 5.73 Å². The Hall–Kier alpha value is -0.580. The van der Waals surface area contributed by atoms with Gasteiger partial charge in [0.15, 0.2) is 0 Å². The van der Waals surface area contributed by atoms with E-state index < -0.39 is 0 Å². The minimum absolute atomic E-state index is 0.192. The maximum absolute atomic E-state index is 6.35. The molecule has 0 aromatic carbocycles. The van der Waals surface area contributed by atoms with E-state index in [1.807, 2.05) is 18.5 Å². The van der Waals surface area contributed by atoms with Crippen LogP contribution in [-0.2, 0) is 0 Å². The van der Waals surface area contributed by atoms with Gasteiger partial charge in [-0.25, -0.2) is 0 Å². The van der Waals surface area contributed by atoms with Crippen molar-refractivity contribution in [2.75, 3.05) is 24.6 Å². The van der Waals surface area contributed by atoms with Crippen LogP contribution in [0.3, 0.4) is 0 Å². The lowest BCUT2D eigenvalue weighted by Crippen LogP contribution is -2.42. The van der Waals surface area contributed by atoms with E-state index in [2.05, 4.69) is 34.6 Å². The highest BCUT2D eigenvalue weighted by atomic mass is 32.2. The highest BCUT2D eigenvalue weighted by Crippen LogP contribution is 2.26. The summed E-state index contributed by atoms with van der Waals surface area (Å²) in [4.78, 5) is 6.80. The molecule has 0 bridgehead atoms. The van der Waals surface area contributed by atoms with E-state index in [0.717, 1.165) is 19.5 Å². The number of nitrogens with two attached hydrogens (primary N) is 1. The zero-order chi connectivity index (χ0) is 12.8. The van der Waals surface area contributed by atoms with Crippen molar-refractivity contribution in [3.05, 3.63) is 30.1 Å². The molecule has 0 spiro atoms. The molecule has 2 atom stereocenters. The summed E-state index contributed by atoms with van der Waals surface area (Å²) >= 11 is 2.05. The van der Waals surface area contributed by atoms with Gasteiger partial charge in [0.25, 0.3) is 0 Å². The van der Waals surface area contributed by atoms with E-state index in [0.29, 0.717) is 6.04 Å². The number of aromatic nitrogens is 1. The lowest BCUT2D eigenvalue weighted by molar-refractivity contribution is 0.182. The summed E-state index contributed by atoms with van der Waals surface area (Å²) in [6.07, 6.45) is 6.07. The van der Waals surface area contributed by atoms with Crippen LogP contribution in [0.25, 0.3) is 0 Å². The van der Waals surface area contributed by atoms with Crippen LogP contribution in [0.1, 0.15) is 31.4 Å². The lowest BCUT2D eigenvalue weighted by atomic mass is 9.97. The monoisotopic (exact) mass is 265 g/mol. The highest BCUT2D eigenvalue weighted by molar-refractivity contribution is 7.99. The van der Waals surface area contributed by atoms with Gasteiger partial charge in [-0.1, -0.05) is 13.0 Å². The van der Waals surface area contributed by atoms with Gasteiger partial charge in [-0.2, -0.15) is 11.8 Å². The average molecular weight is 265 g/mol. The van der Waals surface area contributed by atoms with E-state index in [1.54, 1.807) is 0 Å². The van der Waals surface area contributed by atoms with Crippen LogP contribution in [0, 0.1) is 0 Å². The second-order valence-corrected chi connectivity index (χ2v) is 6.03. The Morgan fingerprint density at radius 2 is 2.33 bits per heavy atom. The fraction of sp³-hybridized carbons (Fsp3) is 0.643. The fourth-order valence-corrected chi connectivity index (χ4v) is 3.45. The number of hydrogen-bond acceptors (Lipinski definition) is 4. The fourth-order valence-electron chi connectivity index (χ4n) is 2.55. The number of rotatable bonds is 4. The SMILES string of the molecule is CCC(N)C(c1cccnc1)N1CCCSCC1. The first-order valence-corrected chi connectivity index (χ1v) is 7.95. The highest BCUT2D eigenvalue weighted by Gasteiger charge is 2.26. The maximum atomic E-state index is 6.35. The summed E-state index contributed by atoms with van der Waals surface area (Å²) in [7, 11) is 0. The van der Waals surface area contributed by atoms with Gasteiger partial charge in [-0.05, 0) is 36.8 Å². The van der Waals surface area contributed by atoms with Gasteiger partial charge in [-0.3, -0.25) is 9.88 Å². The standard InChI is InChI=1S/C14H23N3S/c1-2-13(15)14(12-5-3-6-16-11-12)17-7-4-9-18-10-8-17/h3,5-6,11,13-14H,2,4,7-10,15H2,1H3. The summed E-state index contributed by atoms with van der Waals surface area (Å²) in [5.41, 5.74) is 7.62. The van der Waals surface area contributed by atoms with Crippen molar-refractivity contribution in [1.29, 1.82) is 0 Å². The van der Waals surface area contributed by atoms with Crippen molar-refractivity contribution in [2.24, 2.45) is 5.73 Å². The maximum Gasteiger partial charge on any atom is 0.0514 e. The molecule has 2 unspecified atom stereocenters. The van der Waals surface area contributed by atoms with Gasteiger partial charge in [0, 0.05) is 30.7 Å². The summed E-state index contributed by atoms with van der Waals surface area (Å²) in [5.74, 6) is 2.49. The first-order chi connectivity index (χ1) is 8.83. The van der Waals surface area contributed by atoms with E-state index >= 15 is 0 Å². The normalized spacial score (nSPS) is 21.2. The molecule has 2 heterocycles. The molecular weight excluding hydrogens is 242 g/mol. The molecule has 0 saturated carbocycles. The van der Waals surface area contributed by atoms with Gasteiger partial charge in [-0.15, -0.1) is 0 Å². The van der Waals surface area contributed by atoms with Crippen molar-refractivity contribution in [1.82, 2.24) is 9.88 Å². The van der Waals surface area contributed by atoms with E-state index in [4.69, 9.17) is 5.73 Å². The average Bonchev–Trinajstić information content (AvgIpc) is 2.69. The Bertz CT molecular complexity index is 336. The molecule has 1 aliphatic heterocycles. The van der Waals surface area contributed by atoms with Crippen LogP contribution in [0.2, 0.25) is 0 Å². The summed E-state index contributed by atoms with van der Waals surface area (Å²) in [5, 5.41) is 0. The molecule has 2 rings (SSSR count). The number of pyridine rings is 1. The van der Waals surface area contributed by atoms with Crippen molar-refractivity contribution in [3.63, 3.8) is 0 Å². The number of nitrogens with zero attached hydrogens (tertiary/aromatic N) is 2. The van der Waals surface area contributed by atoms with Gasteiger partial charge in [0.05, 0.1) is 6.04 Å². The van der Waals surface area contributed by atoms with Crippen LogP contribution >= 0.6 is 11.8 Å². The summed E-state index contributed by atoms with van der Waals surface area (Å²) in [6, 6.07) is 4.68. The van der Waals surface area contributed by atoms with Gasteiger partial charge in [0.1, 0.15) is 0 Å². The third-order valence-electron chi connectivity index (χ3n) is 3.55.